The first-order chi connectivity index (χ1) is 8.83. The van der Waals surface area contributed by atoms with Crippen LogP contribution < -0.4 is 10.5 Å². The Labute approximate surface area is 109 Å². The molecule has 0 aromatic heterocycles. The standard InChI is InChI=1S/C15H20N2O/c1-18-15-7-6-13(11-14(15)5-4-8-16)12-17-9-2-3-10-17/h6-7,11H,2-3,8-10,12,16H2,1H3. The lowest BCUT2D eigenvalue weighted by atomic mass is 10.1. The summed E-state index contributed by atoms with van der Waals surface area (Å²) in [6, 6.07) is 6.22. The lowest BCUT2D eigenvalue weighted by Gasteiger charge is -2.15. The molecule has 0 unspecified atom stereocenters. The van der Waals surface area contributed by atoms with Crippen LogP contribution >= 0.6 is 0 Å². The molecule has 0 amide bonds. The Hall–Kier alpha value is -1.50. The van der Waals surface area contributed by atoms with Crippen molar-refractivity contribution < 1.29 is 4.74 Å². The molecule has 2 N–H and O–H groups in total. The first-order valence-electron chi connectivity index (χ1n) is 6.41. The molecular formula is C15H20N2O. The van der Waals surface area contributed by atoms with E-state index in [4.69, 9.17) is 10.5 Å². The minimum Gasteiger partial charge on any atom is -0.495 e. The van der Waals surface area contributed by atoms with E-state index in [1.165, 1.54) is 31.5 Å². The molecule has 1 aliphatic heterocycles. The van der Waals surface area contributed by atoms with Crippen LogP contribution in [0.1, 0.15) is 24.0 Å². The Balaban J connectivity index is 2.16. The van der Waals surface area contributed by atoms with Gasteiger partial charge in [-0.05, 0) is 43.6 Å². The van der Waals surface area contributed by atoms with E-state index in [1.807, 2.05) is 6.07 Å². The summed E-state index contributed by atoms with van der Waals surface area (Å²) in [4.78, 5) is 2.47. The smallest absolute Gasteiger partial charge is 0.134 e. The summed E-state index contributed by atoms with van der Waals surface area (Å²) >= 11 is 0. The lowest BCUT2D eigenvalue weighted by Crippen LogP contribution is -2.18. The van der Waals surface area contributed by atoms with Gasteiger partial charge in [-0.3, -0.25) is 4.90 Å². The molecule has 96 valence electrons. The predicted octanol–water partition coefficient (Wildman–Crippen LogP) is 1.60. The van der Waals surface area contributed by atoms with Crippen LogP contribution in [0, 0.1) is 11.8 Å². The molecule has 0 spiro atoms. The van der Waals surface area contributed by atoms with E-state index < -0.39 is 0 Å². The Morgan fingerprint density at radius 2 is 2.11 bits per heavy atom. The van der Waals surface area contributed by atoms with E-state index in [1.54, 1.807) is 7.11 Å². The zero-order chi connectivity index (χ0) is 12.8. The Morgan fingerprint density at radius 1 is 1.33 bits per heavy atom. The van der Waals surface area contributed by atoms with Gasteiger partial charge in [0.2, 0.25) is 0 Å². The van der Waals surface area contributed by atoms with E-state index >= 15 is 0 Å². The van der Waals surface area contributed by atoms with Crippen molar-refractivity contribution in [2.75, 3.05) is 26.7 Å². The minimum atomic E-state index is 0.375. The summed E-state index contributed by atoms with van der Waals surface area (Å²) in [5.41, 5.74) is 7.64. The monoisotopic (exact) mass is 244 g/mol. The molecule has 1 saturated heterocycles. The first-order valence-corrected chi connectivity index (χ1v) is 6.41. The number of rotatable bonds is 3. The number of ether oxygens (including phenoxy) is 1. The molecule has 1 aromatic rings. The fourth-order valence-corrected chi connectivity index (χ4v) is 2.30. The Kier molecular flexibility index (Phi) is 4.63. The highest BCUT2D eigenvalue weighted by Gasteiger charge is 2.12. The normalized spacial score (nSPS) is 15.2. The topological polar surface area (TPSA) is 38.5 Å². The second-order valence-corrected chi connectivity index (χ2v) is 4.52. The molecule has 1 fully saturated rings. The number of nitrogens with zero attached hydrogens (tertiary/aromatic N) is 1. The van der Waals surface area contributed by atoms with Crippen molar-refractivity contribution in [3.63, 3.8) is 0 Å². The quantitative estimate of drug-likeness (QED) is 0.821. The van der Waals surface area contributed by atoms with Crippen LogP contribution in [0.4, 0.5) is 0 Å². The van der Waals surface area contributed by atoms with Crippen LogP contribution in [0.15, 0.2) is 18.2 Å². The lowest BCUT2D eigenvalue weighted by molar-refractivity contribution is 0.331. The van der Waals surface area contributed by atoms with Crippen molar-refractivity contribution in [3.05, 3.63) is 29.3 Å². The van der Waals surface area contributed by atoms with Crippen LogP contribution in [-0.4, -0.2) is 31.6 Å². The average Bonchev–Trinajstić information content (AvgIpc) is 2.89. The zero-order valence-electron chi connectivity index (χ0n) is 10.9. The average molecular weight is 244 g/mol. The van der Waals surface area contributed by atoms with Crippen molar-refractivity contribution in [3.8, 4) is 17.6 Å². The molecule has 0 aliphatic carbocycles. The van der Waals surface area contributed by atoms with Crippen molar-refractivity contribution in [2.45, 2.75) is 19.4 Å². The maximum Gasteiger partial charge on any atom is 0.134 e. The molecule has 0 bridgehead atoms. The van der Waals surface area contributed by atoms with Crippen molar-refractivity contribution in [1.82, 2.24) is 4.90 Å². The third kappa shape index (κ3) is 3.25. The molecular weight excluding hydrogens is 224 g/mol. The van der Waals surface area contributed by atoms with Crippen molar-refractivity contribution in [1.29, 1.82) is 0 Å². The number of likely N-dealkylation sites (tertiary alicyclic amines) is 1. The van der Waals surface area contributed by atoms with Crippen molar-refractivity contribution in [2.24, 2.45) is 5.73 Å². The second-order valence-electron chi connectivity index (χ2n) is 4.52. The van der Waals surface area contributed by atoms with Gasteiger partial charge in [0.05, 0.1) is 19.2 Å². The van der Waals surface area contributed by atoms with Gasteiger partial charge in [-0.1, -0.05) is 17.9 Å². The van der Waals surface area contributed by atoms with E-state index in [0.717, 1.165) is 17.9 Å². The first kappa shape index (κ1) is 12.9. The highest BCUT2D eigenvalue weighted by atomic mass is 16.5. The second kappa shape index (κ2) is 6.44. The zero-order valence-corrected chi connectivity index (χ0v) is 10.9. The van der Waals surface area contributed by atoms with Gasteiger partial charge in [0, 0.05) is 6.54 Å². The molecule has 0 saturated carbocycles. The van der Waals surface area contributed by atoms with Gasteiger partial charge < -0.3 is 10.5 Å². The molecule has 2 rings (SSSR count). The van der Waals surface area contributed by atoms with E-state index in [-0.39, 0.29) is 0 Å². The molecule has 1 aliphatic rings. The van der Waals surface area contributed by atoms with Gasteiger partial charge in [-0.15, -0.1) is 0 Å². The highest BCUT2D eigenvalue weighted by molar-refractivity contribution is 5.48. The number of benzene rings is 1. The summed E-state index contributed by atoms with van der Waals surface area (Å²) in [6.07, 6.45) is 2.63. The molecule has 3 nitrogen and oxygen atoms in total. The summed E-state index contributed by atoms with van der Waals surface area (Å²) in [5.74, 6) is 6.78. The minimum absolute atomic E-state index is 0.375. The summed E-state index contributed by atoms with van der Waals surface area (Å²) in [6.45, 7) is 3.78. The van der Waals surface area contributed by atoms with Gasteiger partial charge in [-0.2, -0.15) is 0 Å². The van der Waals surface area contributed by atoms with Crippen LogP contribution in [0.3, 0.4) is 0 Å². The fourth-order valence-electron chi connectivity index (χ4n) is 2.30. The molecule has 0 radical (unpaired) electrons. The SMILES string of the molecule is COc1ccc(CN2CCCC2)cc1C#CCN. The molecule has 3 heteroatoms. The highest BCUT2D eigenvalue weighted by Crippen LogP contribution is 2.21. The third-order valence-corrected chi connectivity index (χ3v) is 3.19. The summed E-state index contributed by atoms with van der Waals surface area (Å²) in [5, 5.41) is 0. The molecule has 18 heavy (non-hydrogen) atoms. The van der Waals surface area contributed by atoms with Gasteiger partial charge in [-0.25, -0.2) is 0 Å². The molecule has 1 heterocycles. The van der Waals surface area contributed by atoms with E-state index in [0.29, 0.717) is 6.54 Å². The maximum absolute atomic E-state index is 5.42. The maximum atomic E-state index is 5.42. The molecule has 1 aromatic carbocycles. The van der Waals surface area contributed by atoms with E-state index in [2.05, 4.69) is 28.9 Å². The molecule has 0 atom stereocenters. The van der Waals surface area contributed by atoms with Crippen LogP contribution in [0.25, 0.3) is 0 Å². The largest absolute Gasteiger partial charge is 0.495 e. The number of hydrogen-bond acceptors (Lipinski definition) is 3. The van der Waals surface area contributed by atoms with Crippen molar-refractivity contribution >= 4 is 0 Å². The predicted molar refractivity (Wildman–Crippen MR) is 73.4 cm³/mol. The Bertz CT molecular complexity index is 453. The number of methoxy groups -OCH3 is 1. The number of hydrogen-bond donors (Lipinski definition) is 1. The Morgan fingerprint density at radius 3 is 2.78 bits per heavy atom. The van der Waals surface area contributed by atoms with Crippen LogP contribution in [0.2, 0.25) is 0 Å². The van der Waals surface area contributed by atoms with Gasteiger partial charge in [0.1, 0.15) is 5.75 Å². The van der Waals surface area contributed by atoms with E-state index in [9.17, 15) is 0 Å². The fraction of sp³-hybridized carbons (Fsp3) is 0.467. The van der Waals surface area contributed by atoms with Gasteiger partial charge in [0.25, 0.3) is 0 Å². The van der Waals surface area contributed by atoms with Gasteiger partial charge in [0.15, 0.2) is 0 Å². The van der Waals surface area contributed by atoms with Gasteiger partial charge >= 0.3 is 0 Å². The summed E-state index contributed by atoms with van der Waals surface area (Å²) in [7, 11) is 1.67. The van der Waals surface area contributed by atoms with Crippen LogP contribution in [-0.2, 0) is 6.54 Å². The summed E-state index contributed by atoms with van der Waals surface area (Å²) < 4.78 is 5.31. The number of nitrogens with two attached hydrogens (primary N) is 1. The third-order valence-electron chi connectivity index (χ3n) is 3.19. The van der Waals surface area contributed by atoms with Crippen LogP contribution in [0.5, 0.6) is 5.75 Å².